The van der Waals surface area contributed by atoms with Crippen LogP contribution in [0.3, 0.4) is 0 Å². The lowest BCUT2D eigenvalue weighted by Crippen LogP contribution is -2.17. The van der Waals surface area contributed by atoms with Gasteiger partial charge in [0.15, 0.2) is 0 Å². The molecule has 3 nitrogen and oxygen atoms in total. The minimum atomic E-state index is 0.541. The number of alkyl halides is 1. The molecular weight excluding hydrogens is 166 g/mol. The van der Waals surface area contributed by atoms with E-state index in [1.807, 2.05) is 12.2 Å². The maximum Gasteiger partial charge on any atom is 0.0916 e. The standard InChI is InChI=1S/C7H14ClNO2/c1-10-6-7-11-9-5-3-2-4-8/h2-3,9H,4-7H2,1H3/b3-2+. The van der Waals surface area contributed by atoms with Crippen LogP contribution >= 0.6 is 11.6 Å². The zero-order chi connectivity index (χ0) is 8.36. The molecule has 0 aromatic rings. The summed E-state index contributed by atoms with van der Waals surface area (Å²) in [4.78, 5) is 4.95. The Morgan fingerprint density at radius 3 is 2.82 bits per heavy atom. The number of methoxy groups -OCH3 is 1. The fraction of sp³-hybridized carbons (Fsp3) is 0.714. The third kappa shape index (κ3) is 9.91. The van der Waals surface area contributed by atoms with Gasteiger partial charge in [-0.15, -0.1) is 11.6 Å². The van der Waals surface area contributed by atoms with Crippen molar-refractivity contribution in [2.75, 3.05) is 32.7 Å². The molecule has 0 aromatic heterocycles. The molecule has 0 spiro atoms. The van der Waals surface area contributed by atoms with Gasteiger partial charge in [0.2, 0.25) is 0 Å². The second-order valence-electron chi connectivity index (χ2n) is 1.82. The molecule has 1 N–H and O–H groups in total. The van der Waals surface area contributed by atoms with Crippen LogP contribution in [0.25, 0.3) is 0 Å². The first-order valence-corrected chi connectivity index (χ1v) is 3.99. The van der Waals surface area contributed by atoms with Crippen LogP contribution in [0.5, 0.6) is 0 Å². The summed E-state index contributed by atoms with van der Waals surface area (Å²) < 4.78 is 4.77. The summed E-state index contributed by atoms with van der Waals surface area (Å²) >= 11 is 5.39. The lowest BCUT2D eigenvalue weighted by molar-refractivity contribution is 0.0122. The zero-order valence-electron chi connectivity index (χ0n) is 6.68. The van der Waals surface area contributed by atoms with Crippen molar-refractivity contribution in [3.05, 3.63) is 12.2 Å². The SMILES string of the molecule is COCCONC/C=C/CCl. The number of allylic oxidation sites excluding steroid dienone is 1. The van der Waals surface area contributed by atoms with Crippen molar-refractivity contribution in [2.24, 2.45) is 0 Å². The van der Waals surface area contributed by atoms with Gasteiger partial charge < -0.3 is 4.74 Å². The van der Waals surface area contributed by atoms with Crippen LogP contribution in [0.2, 0.25) is 0 Å². The van der Waals surface area contributed by atoms with Crippen molar-refractivity contribution < 1.29 is 9.57 Å². The summed E-state index contributed by atoms with van der Waals surface area (Å²) in [5.74, 6) is 0.541. The lowest BCUT2D eigenvalue weighted by atomic mass is 10.5. The van der Waals surface area contributed by atoms with E-state index in [9.17, 15) is 0 Å². The number of hydroxylamine groups is 1. The Labute approximate surface area is 72.3 Å². The maximum absolute atomic E-state index is 5.39. The van der Waals surface area contributed by atoms with Crippen LogP contribution in [-0.4, -0.2) is 32.7 Å². The van der Waals surface area contributed by atoms with Gasteiger partial charge in [0.1, 0.15) is 0 Å². The minimum Gasteiger partial charge on any atom is -0.382 e. The van der Waals surface area contributed by atoms with E-state index in [1.54, 1.807) is 7.11 Å². The molecule has 66 valence electrons. The second kappa shape index (κ2) is 9.91. The average molecular weight is 180 g/mol. The monoisotopic (exact) mass is 179 g/mol. The second-order valence-corrected chi connectivity index (χ2v) is 2.12. The van der Waals surface area contributed by atoms with E-state index in [0.717, 1.165) is 0 Å². The highest BCUT2D eigenvalue weighted by Crippen LogP contribution is 1.76. The minimum absolute atomic E-state index is 0.541. The van der Waals surface area contributed by atoms with Gasteiger partial charge in [-0.1, -0.05) is 12.2 Å². The van der Waals surface area contributed by atoms with E-state index in [2.05, 4.69) is 5.48 Å². The Morgan fingerprint density at radius 1 is 1.36 bits per heavy atom. The number of hydrogen-bond acceptors (Lipinski definition) is 3. The van der Waals surface area contributed by atoms with Crippen LogP contribution in [-0.2, 0) is 9.57 Å². The number of nitrogens with one attached hydrogen (secondary N) is 1. The van der Waals surface area contributed by atoms with E-state index in [0.29, 0.717) is 25.6 Å². The maximum atomic E-state index is 5.39. The molecule has 0 saturated carbocycles. The van der Waals surface area contributed by atoms with E-state index in [4.69, 9.17) is 21.2 Å². The van der Waals surface area contributed by atoms with Gasteiger partial charge >= 0.3 is 0 Å². The van der Waals surface area contributed by atoms with Gasteiger partial charge in [-0.2, -0.15) is 5.48 Å². The van der Waals surface area contributed by atoms with Crippen molar-refractivity contribution in [2.45, 2.75) is 0 Å². The lowest BCUT2D eigenvalue weighted by Gasteiger charge is -2.01. The smallest absolute Gasteiger partial charge is 0.0916 e. The van der Waals surface area contributed by atoms with E-state index < -0.39 is 0 Å². The van der Waals surface area contributed by atoms with Gasteiger partial charge in [-0.3, -0.25) is 4.84 Å². The van der Waals surface area contributed by atoms with E-state index >= 15 is 0 Å². The average Bonchev–Trinajstić information content (AvgIpc) is 2.03. The van der Waals surface area contributed by atoms with Crippen molar-refractivity contribution in [1.29, 1.82) is 0 Å². The van der Waals surface area contributed by atoms with Gasteiger partial charge in [0.05, 0.1) is 13.2 Å². The van der Waals surface area contributed by atoms with Crippen LogP contribution in [0.4, 0.5) is 0 Å². The Morgan fingerprint density at radius 2 is 2.18 bits per heavy atom. The number of rotatable bonds is 7. The van der Waals surface area contributed by atoms with Crippen molar-refractivity contribution in [3.63, 3.8) is 0 Å². The molecule has 0 heterocycles. The number of ether oxygens (including phenoxy) is 1. The molecule has 0 amide bonds. The molecule has 0 bridgehead atoms. The molecular formula is C7H14ClNO2. The quantitative estimate of drug-likeness (QED) is 0.273. The molecule has 0 atom stereocenters. The van der Waals surface area contributed by atoms with Gasteiger partial charge in [-0.25, -0.2) is 0 Å². The van der Waals surface area contributed by atoms with Gasteiger partial charge in [0.25, 0.3) is 0 Å². The Bertz CT molecular complexity index is 98.4. The molecule has 0 aliphatic carbocycles. The summed E-state index contributed by atoms with van der Waals surface area (Å²) in [6.45, 7) is 1.84. The van der Waals surface area contributed by atoms with E-state index in [-0.39, 0.29) is 0 Å². The summed E-state index contributed by atoms with van der Waals surface area (Å²) in [7, 11) is 1.64. The normalized spacial score (nSPS) is 11.1. The highest BCUT2D eigenvalue weighted by atomic mass is 35.5. The predicted octanol–water partition coefficient (Wildman–Crippen LogP) is 0.949. The van der Waals surface area contributed by atoms with E-state index in [1.165, 1.54) is 0 Å². The molecule has 4 heteroatoms. The van der Waals surface area contributed by atoms with Crippen LogP contribution in [0, 0.1) is 0 Å². The summed E-state index contributed by atoms with van der Waals surface area (Å²) in [6.07, 6.45) is 3.76. The van der Waals surface area contributed by atoms with Crippen molar-refractivity contribution >= 4 is 11.6 Å². The van der Waals surface area contributed by atoms with Crippen LogP contribution in [0.15, 0.2) is 12.2 Å². The number of hydrogen-bond donors (Lipinski definition) is 1. The molecule has 0 saturated heterocycles. The zero-order valence-corrected chi connectivity index (χ0v) is 7.43. The van der Waals surface area contributed by atoms with Gasteiger partial charge in [-0.05, 0) is 0 Å². The van der Waals surface area contributed by atoms with Crippen molar-refractivity contribution in [3.8, 4) is 0 Å². The largest absolute Gasteiger partial charge is 0.382 e. The van der Waals surface area contributed by atoms with Crippen molar-refractivity contribution in [1.82, 2.24) is 5.48 Å². The summed E-state index contributed by atoms with van der Waals surface area (Å²) in [6, 6.07) is 0. The molecule has 11 heavy (non-hydrogen) atoms. The predicted molar refractivity (Wildman–Crippen MR) is 45.7 cm³/mol. The fourth-order valence-electron chi connectivity index (χ4n) is 0.451. The highest BCUT2D eigenvalue weighted by molar-refractivity contribution is 6.18. The Hall–Kier alpha value is -0.0900. The molecule has 0 fully saturated rings. The summed E-state index contributed by atoms with van der Waals surface area (Å²) in [5, 5.41) is 0. The molecule has 0 rings (SSSR count). The molecule has 0 aliphatic heterocycles. The number of halogens is 1. The van der Waals surface area contributed by atoms with Gasteiger partial charge in [0, 0.05) is 19.5 Å². The third-order valence-corrected chi connectivity index (χ3v) is 1.13. The topological polar surface area (TPSA) is 30.5 Å². The molecule has 0 aliphatic rings. The molecule has 0 aromatic carbocycles. The van der Waals surface area contributed by atoms with Crippen LogP contribution < -0.4 is 5.48 Å². The third-order valence-electron chi connectivity index (χ3n) is 0.949. The fourth-order valence-corrected chi connectivity index (χ4v) is 0.577. The van der Waals surface area contributed by atoms with Crippen LogP contribution in [0.1, 0.15) is 0 Å². The molecule has 0 radical (unpaired) electrons. The first-order chi connectivity index (χ1) is 5.41. The summed E-state index contributed by atoms with van der Waals surface area (Å²) in [5.41, 5.74) is 2.73. The first-order valence-electron chi connectivity index (χ1n) is 3.46. The highest BCUT2D eigenvalue weighted by Gasteiger charge is 1.82. The Kier molecular flexibility index (Phi) is 9.83. The first kappa shape index (κ1) is 10.9. The Balaban J connectivity index is 2.85. The molecule has 0 unspecified atom stereocenters.